The zero-order valence-corrected chi connectivity index (χ0v) is 13.1. The van der Waals surface area contributed by atoms with E-state index in [1.807, 2.05) is 42.5 Å². The van der Waals surface area contributed by atoms with Crippen molar-refractivity contribution in [2.45, 2.75) is 5.16 Å². The van der Waals surface area contributed by atoms with Crippen LogP contribution in [0.1, 0.15) is 0 Å². The first-order chi connectivity index (χ1) is 11.7. The fraction of sp³-hybridized carbons (Fsp3) is 0.0625. The summed E-state index contributed by atoms with van der Waals surface area (Å²) in [5.74, 6) is -1.01. The summed E-state index contributed by atoms with van der Waals surface area (Å²) in [4.78, 5) is 19.3. The second kappa shape index (κ2) is 5.89. The minimum Gasteiger partial charge on any atom is -0.481 e. The normalized spacial score (nSPS) is 11.2. The molecule has 0 radical (unpaired) electrons. The predicted octanol–water partition coefficient (Wildman–Crippen LogP) is 2.54. The maximum atomic E-state index is 10.7. The van der Waals surface area contributed by atoms with Gasteiger partial charge >= 0.3 is 5.97 Å². The zero-order valence-electron chi connectivity index (χ0n) is 12.3. The van der Waals surface area contributed by atoms with Crippen molar-refractivity contribution < 1.29 is 9.90 Å². The van der Waals surface area contributed by atoms with Crippen LogP contribution in [0, 0.1) is 0 Å². The molecule has 2 aromatic carbocycles. The van der Waals surface area contributed by atoms with Crippen molar-refractivity contribution in [2.75, 3.05) is 5.75 Å². The smallest absolute Gasteiger partial charge is 0.313 e. The third-order valence-corrected chi connectivity index (χ3v) is 4.34. The molecule has 0 aliphatic rings. The molecule has 2 heterocycles. The summed E-state index contributed by atoms with van der Waals surface area (Å²) in [6.07, 6.45) is 1.56. The Kier molecular flexibility index (Phi) is 3.58. The first kappa shape index (κ1) is 14.6. The summed E-state index contributed by atoms with van der Waals surface area (Å²) in [6.45, 7) is 0. The highest BCUT2D eigenvalue weighted by Crippen LogP contribution is 2.24. The molecular weight excluding hydrogens is 326 g/mol. The quantitative estimate of drug-likeness (QED) is 0.452. The van der Waals surface area contributed by atoms with Crippen LogP contribution in [0.5, 0.6) is 0 Å². The molecular formula is C16H11N5O2S. The molecule has 0 amide bonds. The SMILES string of the molecule is O=C(O)CSc1ncc2nnn(-c3cccc4ccccc34)c2n1. The lowest BCUT2D eigenvalue weighted by atomic mass is 10.1. The number of thioether (sulfide) groups is 1. The van der Waals surface area contributed by atoms with Gasteiger partial charge in [-0.15, -0.1) is 5.10 Å². The third kappa shape index (κ3) is 2.56. The number of rotatable bonds is 4. The average Bonchev–Trinajstić information content (AvgIpc) is 3.02. The molecule has 8 heteroatoms. The van der Waals surface area contributed by atoms with Crippen molar-refractivity contribution in [2.24, 2.45) is 0 Å². The van der Waals surface area contributed by atoms with E-state index in [4.69, 9.17) is 5.11 Å². The highest BCUT2D eigenvalue weighted by atomic mass is 32.2. The van der Waals surface area contributed by atoms with E-state index >= 15 is 0 Å². The Morgan fingerprint density at radius 2 is 2.00 bits per heavy atom. The van der Waals surface area contributed by atoms with Crippen molar-refractivity contribution in [3.63, 3.8) is 0 Å². The topological polar surface area (TPSA) is 93.8 Å². The van der Waals surface area contributed by atoms with Crippen LogP contribution < -0.4 is 0 Å². The number of carboxylic acid groups (broad SMARTS) is 1. The first-order valence-corrected chi connectivity index (χ1v) is 8.12. The largest absolute Gasteiger partial charge is 0.481 e. The molecule has 24 heavy (non-hydrogen) atoms. The molecule has 0 aliphatic carbocycles. The fourth-order valence-corrected chi connectivity index (χ4v) is 2.99. The van der Waals surface area contributed by atoms with E-state index < -0.39 is 5.97 Å². The number of aliphatic carboxylic acids is 1. The number of fused-ring (bicyclic) bond motifs is 2. The highest BCUT2D eigenvalue weighted by molar-refractivity contribution is 7.99. The molecule has 2 aromatic heterocycles. The van der Waals surface area contributed by atoms with Crippen LogP contribution in [0.25, 0.3) is 27.6 Å². The Balaban J connectivity index is 1.86. The van der Waals surface area contributed by atoms with Crippen LogP contribution >= 0.6 is 11.8 Å². The van der Waals surface area contributed by atoms with Gasteiger partial charge in [0.05, 0.1) is 17.6 Å². The van der Waals surface area contributed by atoms with Gasteiger partial charge < -0.3 is 5.11 Å². The predicted molar refractivity (Wildman–Crippen MR) is 90.3 cm³/mol. The molecule has 4 rings (SSSR count). The van der Waals surface area contributed by atoms with Gasteiger partial charge in [-0.25, -0.2) is 9.97 Å². The Morgan fingerprint density at radius 3 is 2.88 bits per heavy atom. The summed E-state index contributed by atoms with van der Waals surface area (Å²) in [5.41, 5.74) is 1.97. The molecule has 0 bridgehead atoms. The van der Waals surface area contributed by atoms with Crippen molar-refractivity contribution in [1.82, 2.24) is 25.0 Å². The third-order valence-electron chi connectivity index (χ3n) is 3.49. The highest BCUT2D eigenvalue weighted by Gasteiger charge is 2.13. The molecule has 0 unspecified atom stereocenters. The van der Waals surface area contributed by atoms with E-state index in [2.05, 4.69) is 20.3 Å². The minimum absolute atomic E-state index is 0.0959. The molecule has 0 atom stereocenters. The second-order valence-corrected chi connectivity index (χ2v) is 5.99. The van der Waals surface area contributed by atoms with Gasteiger partial charge in [0, 0.05) is 5.39 Å². The summed E-state index contributed by atoms with van der Waals surface area (Å²) in [6, 6.07) is 13.9. The Labute approximate surface area is 140 Å². The maximum absolute atomic E-state index is 10.7. The van der Waals surface area contributed by atoms with E-state index in [0.29, 0.717) is 16.3 Å². The van der Waals surface area contributed by atoms with Gasteiger partial charge in [0.2, 0.25) is 0 Å². The van der Waals surface area contributed by atoms with E-state index in [0.717, 1.165) is 28.2 Å². The molecule has 0 saturated heterocycles. The van der Waals surface area contributed by atoms with Crippen molar-refractivity contribution in [3.05, 3.63) is 48.7 Å². The van der Waals surface area contributed by atoms with Gasteiger partial charge in [0.15, 0.2) is 16.3 Å². The lowest BCUT2D eigenvalue weighted by Crippen LogP contribution is -2.02. The van der Waals surface area contributed by atoms with Gasteiger partial charge in [-0.1, -0.05) is 53.4 Å². The second-order valence-electron chi connectivity index (χ2n) is 5.04. The molecule has 118 valence electrons. The monoisotopic (exact) mass is 337 g/mol. The summed E-state index contributed by atoms with van der Waals surface area (Å²) >= 11 is 1.06. The van der Waals surface area contributed by atoms with Crippen molar-refractivity contribution in [3.8, 4) is 5.69 Å². The Morgan fingerprint density at radius 1 is 1.17 bits per heavy atom. The molecule has 1 N–H and O–H groups in total. The number of carbonyl (C=O) groups is 1. The lowest BCUT2D eigenvalue weighted by Gasteiger charge is -2.06. The summed E-state index contributed by atoms with van der Waals surface area (Å²) in [7, 11) is 0. The van der Waals surface area contributed by atoms with E-state index in [-0.39, 0.29) is 5.75 Å². The fourth-order valence-electron chi connectivity index (χ4n) is 2.46. The minimum atomic E-state index is -0.913. The lowest BCUT2D eigenvalue weighted by molar-refractivity contribution is -0.133. The van der Waals surface area contributed by atoms with E-state index in [9.17, 15) is 4.79 Å². The van der Waals surface area contributed by atoms with Gasteiger partial charge in [-0.3, -0.25) is 4.79 Å². The molecule has 7 nitrogen and oxygen atoms in total. The number of benzene rings is 2. The molecule has 0 fully saturated rings. The van der Waals surface area contributed by atoms with E-state index in [1.165, 1.54) is 0 Å². The standard InChI is InChI=1S/C16H11N5O2S/c22-14(23)9-24-16-17-8-12-15(18-16)21(20-19-12)13-7-3-5-10-4-1-2-6-11(10)13/h1-8H,9H2,(H,22,23). The van der Waals surface area contributed by atoms with Crippen LogP contribution in [0.4, 0.5) is 0 Å². The van der Waals surface area contributed by atoms with Gasteiger partial charge in [0.1, 0.15) is 0 Å². The van der Waals surface area contributed by atoms with Crippen molar-refractivity contribution in [1.29, 1.82) is 0 Å². The van der Waals surface area contributed by atoms with Gasteiger partial charge in [-0.05, 0) is 11.5 Å². The van der Waals surface area contributed by atoms with Crippen LogP contribution in [0.2, 0.25) is 0 Å². The Bertz CT molecular complexity index is 1060. The number of nitrogens with zero attached hydrogens (tertiary/aromatic N) is 5. The molecule has 0 aliphatic heterocycles. The average molecular weight is 337 g/mol. The molecule has 4 aromatic rings. The number of carboxylic acids is 1. The van der Waals surface area contributed by atoms with Crippen LogP contribution in [0.15, 0.2) is 53.8 Å². The molecule has 0 saturated carbocycles. The van der Waals surface area contributed by atoms with Gasteiger partial charge in [0.25, 0.3) is 0 Å². The van der Waals surface area contributed by atoms with Crippen LogP contribution in [-0.4, -0.2) is 41.8 Å². The summed E-state index contributed by atoms with van der Waals surface area (Å²) < 4.78 is 1.66. The van der Waals surface area contributed by atoms with Crippen molar-refractivity contribution >= 4 is 39.7 Å². The van der Waals surface area contributed by atoms with Crippen LogP contribution in [-0.2, 0) is 4.79 Å². The van der Waals surface area contributed by atoms with Crippen LogP contribution in [0.3, 0.4) is 0 Å². The maximum Gasteiger partial charge on any atom is 0.313 e. The van der Waals surface area contributed by atoms with E-state index in [1.54, 1.807) is 10.9 Å². The number of hydrogen-bond donors (Lipinski definition) is 1. The zero-order chi connectivity index (χ0) is 16.5. The Hall–Kier alpha value is -3.00. The first-order valence-electron chi connectivity index (χ1n) is 7.13. The number of aromatic nitrogens is 5. The molecule has 0 spiro atoms. The number of hydrogen-bond acceptors (Lipinski definition) is 6. The summed E-state index contributed by atoms with van der Waals surface area (Å²) in [5, 5.41) is 19.6. The van der Waals surface area contributed by atoms with Gasteiger partial charge in [-0.2, -0.15) is 4.68 Å².